The van der Waals surface area contributed by atoms with Crippen LogP contribution in [0.5, 0.6) is 0 Å². The number of rotatable bonds is 7. The second kappa shape index (κ2) is 8.26. The molecule has 0 saturated carbocycles. The van der Waals surface area contributed by atoms with E-state index in [0.29, 0.717) is 13.0 Å². The number of carbonyl (C=O) groups is 2. The molecule has 0 bridgehead atoms. The van der Waals surface area contributed by atoms with Crippen molar-refractivity contribution >= 4 is 11.9 Å². The van der Waals surface area contributed by atoms with Gasteiger partial charge in [-0.1, -0.05) is 30.3 Å². The van der Waals surface area contributed by atoms with Crippen molar-refractivity contribution in [2.24, 2.45) is 5.73 Å². The maximum absolute atomic E-state index is 12.0. The molecule has 0 unspecified atom stereocenters. The molecule has 0 spiro atoms. The van der Waals surface area contributed by atoms with Crippen LogP contribution in [0.4, 0.5) is 0 Å². The summed E-state index contributed by atoms with van der Waals surface area (Å²) in [4.78, 5) is 27.6. The summed E-state index contributed by atoms with van der Waals surface area (Å²) in [5.74, 6) is -0.923. The number of hydrogen-bond acceptors (Lipinski definition) is 5. The Labute approximate surface area is 140 Å². The predicted molar refractivity (Wildman–Crippen MR) is 89.1 cm³/mol. The number of carbonyl (C=O) groups excluding carboxylic acids is 2. The molecule has 3 N–H and O–H groups in total. The number of methoxy groups -OCH3 is 1. The van der Waals surface area contributed by atoms with Crippen LogP contribution in [-0.2, 0) is 27.3 Å². The van der Waals surface area contributed by atoms with Crippen LogP contribution >= 0.6 is 0 Å². The molecule has 0 aliphatic carbocycles. The molecule has 1 heterocycles. The average molecular weight is 330 g/mol. The fourth-order valence-corrected chi connectivity index (χ4v) is 2.27. The second-order valence-corrected chi connectivity index (χ2v) is 5.59. The van der Waals surface area contributed by atoms with E-state index in [9.17, 15) is 9.59 Å². The molecule has 7 heteroatoms. The lowest BCUT2D eigenvalue weighted by atomic mass is 10.1. The highest BCUT2D eigenvalue weighted by molar-refractivity contribution is 5.87. The van der Waals surface area contributed by atoms with E-state index in [1.54, 1.807) is 13.3 Å². The van der Waals surface area contributed by atoms with Crippen molar-refractivity contribution in [1.29, 1.82) is 0 Å². The van der Waals surface area contributed by atoms with Gasteiger partial charge in [-0.15, -0.1) is 0 Å². The third-order valence-electron chi connectivity index (χ3n) is 3.57. The van der Waals surface area contributed by atoms with Gasteiger partial charge in [-0.3, -0.25) is 4.79 Å². The molecule has 1 amide bonds. The zero-order valence-electron chi connectivity index (χ0n) is 13.8. The molecule has 2 rings (SSSR count). The van der Waals surface area contributed by atoms with Gasteiger partial charge >= 0.3 is 5.97 Å². The van der Waals surface area contributed by atoms with Crippen molar-refractivity contribution in [3.8, 4) is 0 Å². The van der Waals surface area contributed by atoms with E-state index in [1.165, 1.54) is 7.11 Å². The number of nitrogens with one attached hydrogen (secondary N) is 1. The molecule has 1 aromatic carbocycles. The summed E-state index contributed by atoms with van der Waals surface area (Å²) in [5.41, 5.74) is 7.77. The van der Waals surface area contributed by atoms with Gasteiger partial charge in [0.25, 0.3) is 0 Å². The molecule has 128 valence electrons. The standard InChI is InChI=1S/C17H22N4O3/c1-12(17(23)24-2)20-16(22)15(18)8-14-10-21(11-19-14)9-13-6-4-3-5-7-13/h3-7,10-12,15H,8-9,18H2,1-2H3,(H,20,22)/t12-,15+/m1/s1. The van der Waals surface area contributed by atoms with Gasteiger partial charge in [0.2, 0.25) is 5.91 Å². The number of hydrogen-bond donors (Lipinski definition) is 2. The number of esters is 1. The summed E-state index contributed by atoms with van der Waals surface area (Å²) < 4.78 is 6.50. The molecule has 7 nitrogen and oxygen atoms in total. The summed E-state index contributed by atoms with van der Waals surface area (Å²) in [6, 6.07) is 8.49. The van der Waals surface area contributed by atoms with Crippen LogP contribution in [-0.4, -0.2) is 40.6 Å². The first kappa shape index (κ1) is 17.7. The lowest BCUT2D eigenvalue weighted by molar-refractivity contribution is -0.144. The minimum Gasteiger partial charge on any atom is -0.467 e. The maximum atomic E-state index is 12.0. The van der Waals surface area contributed by atoms with E-state index in [1.807, 2.05) is 41.1 Å². The van der Waals surface area contributed by atoms with E-state index in [4.69, 9.17) is 5.73 Å². The fraction of sp³-hybridized carbons (Fsp3) is 0.353. The van der Waals surface area contributed by atoms with E-state index >= 15 is 0 Å². The van der Waals surface area contributed by atoms with Crippen LogP contribution in [0.3, 0.4) is 0 Å². The Morgan fingerprint density at radius 3 is 2.71 bits per heavy atom. The summed E-state index contributed by atoms with van der Waals surface area (Å²) in [5, 5.41) is 2.52. The van der Waals surface area contributed by atoms with Crippen LogP contribution in [0.2, 0.25) is 0 Å². The first-order valence-electron chi connectivity index (χ1n) is 7.68. The molecule has 0 aliphatic heterocycles. The molecule has 1 aromatic heterocycles. The van der Waals surface area contributed by atoms with Crippen LogP contribution < -0.4 is 11.1 Å². The largest absolute Gasteiger partial charge is 0.467 e. The number of benzene rings is 1. The van der Waals surface area contributed by atoms with Gasteiger partial charge in [-0.2, -0.15) is 0 Å². The average Bonchev–Trinajstić information content (AvgIpc) is 3.01. The van der Waals surface area contributed by atoms with Gasteiger partial charge in [0.1, 0.15) is 6.04 Å². The van der Waals surface area contributed by atoms with Crippen molar-refractivity contribution in [3.05, 3.63) is 54.1 Å². The van der Waals surface area contributed by atoms with Crippen LogP contribution in [0, 0.1) is 0 Å². The Kier molecular flexibility index (Phi) is 6.08. The summed E-state index contributed by atoms with van der Waals surface area (Å²) in [6.07, 6.45) is 3.87. The third-order valence-corrected chi connectivity index (χ3v) is 3.57. The zero-order chi connectivity index (χ0) is 17.5. The van der Waals surface area contributed by atoms with Gasteiger partial charge in [-0.05, 0) is 12.5 Å². The Morgan fingerprint density at radius 1 is 1.33 bits per heavy atom. The lowest BCUT2D eigenvalue weighted by Gasteiger charge is -2.15. The Hall–Kier alpha value is -2.67. The summed E-state index contributed by atoms with van der Waals surface area (Å²) in [6.45, 7) is 2.25. The number of imidazole rings is 1. The van der Waals surface area contributed by atoms with Gasteiger partial charge in [0, 0.05) is 19.2 Å². The Balaban J connectivity index is 1.89. The molecule has 24 heavy (non-hydrogen) atoms. The van der Waals surface area contributed by atoms with Gasteiger partial charge in [0.15, 0.2) is 0 Å². The SMILES string of the molecule is COC(=O)[C@@H](C)NC(=O)[C@@H](N)Cc1cn(Cc2ccccc2)cn1. The Morgan fingerprint density at radius 2 is 2.04 bits per heavy atom. The summed E-state index contributed by atoms with van der Waals surface area (Å²) >= 11 is 0. The van der Waals surface area contributed by atoms with Crippen molar-refractivity contribution in [1.82, 2.24) is 14.9 Å². The summed E-state index contributed by atoms with van der Waals surface area (Å²) in [7, 11) is 1.27. The molecule has 2 aromatic rings. The first-order valence-corrected chi connectivity index (χ1v) is 7.68. The molecular formula is C17H22N4O3. The highest BCUT2D eigenvalue weighted by Crippen LogP contribution is 2.05. The van der Waals surface area contributed by atoms with Gasteiger partial charge in [0.05, 0.1) is 25.2 Å². The highest BCUT2D eigenvalue weighted by atomic mass is 16.5. The number of nitrogens with two attached hydrogens (primary N) is 1. The molecule has 2 atom stereocenters. The van der Waals surface area contributed by atoms with Crippen LogP contribution in [0.25, 0.3) is 0 Å². The van der Waals surface area contributed by atoms with E-state index < -0.39 is 24.0 Å². The number of ether oxygens (including phenoxy) is 1. The van der Waals surface area contributed by atoms with Crippen LogP contribution in [0.1, 0.15) is 18.2 Å². The molecule has 0 aliphatic rings. The van der Waals surface area contributed by atoms with Crippen LogP contribution in [0.15, 0.2) is 42.9 Å². The predicted octanol–water partition coefficient (Wildman–Crippen LogP) is 0.479. The quantitative estimate of drug-likeness (QED) is 0.719. The third kappa shape index (κ3) is 4.92. The topological polar surface area (TPSA) is 99.2 Å². The van der Waals surface area contributed by atoms with Crippen molar-refractivity contribution in [2.75, 3.05) is 7.11 Å². The van der Waals surface area contributed by atoms with Gasteiger partial charge < -0.3 is 20.4 Å². The number of nitrogens with zero attached hydrogens (tertiary/aromatic N) is 2. The maximum Gasteiger partial charge on any atom is 0.328 e. The lowest BCUT2D eigenvalue weighted by Crippen LogP contribution is -2.48. The number of amides is 1. The fourth-order valence-electron chi connectivity index (χ4n) is 2.27. The molecular weight excluding hydrogens is 308 g/mol. The smallest absolute Gasteiger partial charge is 0.328 e. The van der Waals surface area contributed by atoms with Crippen molar-refractivity contribution in [3.63, 3.8) is 0 Å². The van der Waals surface area contributed by atoms with E-state index in [2.05, 4.69) is 15.0 Å². The van der Waals surface area contributed by atoms with Crippen molar-refractivity contribution < 1.29 is 14.3 Å². The molecule has 0 saturated heterocycles. The highest BCUT2D eigenvalue weighted by Gasteiger charge is 2.21. The normalized spacial score (nSPS) is 13.1. The number of aromatic nitrogens is 2. The molecule has 0 fully saturated rings. The first-order chi connectivity index (χ1) is 11.5. The Bertz CT molecular complexity index is 684. The second-order valence-electron chi connectivity index (χ2n) is 5.59. The van der Waals surface area contributed by atoms with E-state index in [-0.39, 0.29) is 0 Å². The monoisotopic (exact) mass is 330 g/mol. The van der Waals surface area contributed by atoms with Crippen molar-refractivity contribution in [2.45, 2.75) is 32.0 Å². The van der Waals surface area contributed by atoms with E-state index in [0.717, 1.165) is 11.3 Å². The molecule has 0 radical (unpaired) electrons. The minimum atomic E-state index is -0.780. The zero-order valence-corrected chi connectivity index (χ0v) is 13.8. The van der Waals surface area contributed by atoms with Gasteiger partial charge in [-0.25, -0.2) is 9.78 Å². The minimum absolute atomic E-state index is 0.293.